The molecule has 192 valence electrons. The summed E-state index contributed by atoms with van der Waals surface area (Å²) < 4.78 is 18.6. The monoisotopic (exact) mass is 552 g/mol. The predicted octanol–water partition coefficient (Wildman–Crippen LogP) is 7.74. The average Bonchev–Trinajstić information content (AvgIpc) is 3.58. The van der Waals surface area contributed by atoms with Crippen molar-refractivity contribution < 1.29 is 13.9 Å². The van der Waals surface area contributed by atoms with Crippen LogP contribution in [0.5, 0.6) is 5.75 Å². The summed E-state index contributed by atoms with van der Waals surface area (Å²) in [5.41, 5.74) is 11.9. The summed E-state index contributed by atoms with van der Waals surface area (Å²) in [5, 5.41) is 5.82. The van der Waals surface area contributed by atoms with E-state index in [0.29, 0.717) is 26.2 Å². The van der Waals surface area contributed by atoms with Gasteiger partial charge < -0.3 is 10.5 Å². The van der Waals surface area contributed by atoms with Crippen LogP contribution in [0.15, 0.2) is 90.3 Å². The number of carbonyl (C=O) groups is 1. The van der Waals surface area contributed by atoms with Crippen LogP contribution in [0.3, 0.4) is 0 Å². The lowest BCUT2D eigenvalue weighted by molar-refractivity contribution is 0.103. The lowest BCUT2D eigenvalue weighted by atomic mass is 9.99. The fourth-order valence-corrected chi connectivity index (χ4v) is 6.01. The summed E-state index contributed by atoms with van der Waals surface area (Å²) in [6.45, 7) is 0. The highest BCUT2D eigenvalue weighted by atomic mass is 32.1. The number of amides is 1. The van der Waals surface area contributed by atoms with Gasteiger partial charge in [0, 0.05) is 21.9 Å². The van der Waals surface area contributed by atoms with E-state index in [1.54, 1.807) is 19.2 Å². The van der Waals surface area contributed by atoms with Crippen LogP contribution in [-0.2, 0) is 0 Å². The molecule has 3 aromatic heterocycles. The molecule has 39 heavy (non-hydrogen) atoms. The van der Waals surface area contributed by atoms with Crippen LogP contribution in [0.25, 0.3) is 43.9 Å². The largest absolute Gasteiger partial charge is 0.497 e. The van der Waals surface area contributed by atoms with Crippen LogP contribution in [-0.4, -0.2) is 23.0 Å². The fraction of sp³-hybridized carbons (Fsp3) is 0.0333. The molecule has 0 aliphatic heterocycles. The third-order valence-corrected chi connectivity index (χ3v) is 8.10. The van der Waals surface area contributed by atoms with E-state index in [9.17, 15) is 9.18 Å². The highest BCUT2D eigenvalue weighted by Crippen LogP contribution is 2.42. The normalized spacial score (nSPS) is 11.0. The lowest BCUT2D eigenvalue weighted by Crippen LogP contribution is -2.11. The second kappa shape index (κ2) is 10.3. The Hall–Kier alpha value is -4.60. The van der Waals surface area contributed by atoms with Crippen LogP contribution in [0, 0.1) is 5.82 Å². The molecule has 0 aliphatic carbocycles. The van der Waals surface area contributed by atoms with Gasteiger partial charge in [-0.05, 0) is 53.6 Å². The van der Waals surface area contributed by atoms with Gasteiger partial charge in [0.05, 0.1) is 24.2 Å². The molecule has 0 spiro atoms. The van der Waals surface area contributed by atoms with Crippen molar-refractivity contribution >= 4 is 49.6 Å². The molecule has 1 amide bonds. The summed E-state index contributed by atoms with van der Waals surface area (Å²) in [7, 11) is 1.62. The summed E-state index contributed by atoms with van der Waals surface area (Å²) in [5.74, 6) is 0.0624. The van der Waals surface area contributed by atoms with E-state index >= 15 is 0 Å². The Labute approximate surface area is 231 Å². The molecule has 0 unspecified atom stereocenters. The highest BCUT2D eigenvalue weighted by molar-refractivity contribution is 7.21. The summed E-state index contributed by atoms with van der Waals surface area (Å²) in [4.78, 5) is 23.8. The summed E-state index contributed by atoms with van der Waals surface area (Å²) >= 11 is 2.53. The average molecular weight is 553 g/mol. The number of nitrogen functional groups attached to an aromatic ring is 1. The van der Waals surface area contributed by atoms with Crippen molar-refractivity contribution in [3.8, 4) is 39.4 Å². The molecule has 6 rings (SSSR count). The highest BCUT2D eigenvalue weighted by Gasteiger charge is 2.22. The molecular weight excluding hydrogens is 531 g/mol. The van der Waals surface area contributed by atoms with Crippen molar-refractivity contribution in [1.29, 1.82) is 0 Å². The summed E-state index contributed by atoms with van der Waals surface area (Å²) in [6.07, 6.45) is 0. The third-order valence-electron chi connectivity index (χ3n) is 6.24. The Kier molecular flexibility index (Phi) is 6.52. The predicted molar refractivity (Wildman–Crippen MR) is 157 cm³/mol. The molecule has 9 heteroatoms. The van der Waals surface area contributed by atoms with E-state index in [2.05, 4.69) is 10.3 Å². The quantitative estimate of drug-likeness (QED) is 0.221. The number of ether oxygens (including phenoxy) is 1. The third kappa shape index (κ3) is 4.85. The second-order valence-corrected chi connectivity index (χ2v) is 10.5. The molecule has 0 atom stereocenters. The number of carbonyl (C=O) groups excluding carboxylic acids is 1. The van der Waals surface area contributed by atoms with Gasteiger partial charge in [-0.2, -0.15) is 0 Å². The number of thiophene rings is 1. The zero-order valence-electron chi connectivity index (χ0n) is 20.6. The molecule has 3 N–H and O–H groups in total. The van der Waals surface area contributed by atoms with Crippen molar-refractivity contribution in [2.75, 3.05) is 18.2 Å². The van der Waals surface area contributed by atoms with E-state index in [0.717, 1.165) is 39.1 Å². The molecule has 6 aromatic rings. The first-order valence-corrected chi connectivity index (χ1v) is 13.7. The summed E-state index contributed by atoms with van der Waals surface area (Å²) in [6, 6.07) is 25.6. The SMILES string of the molecule is COc1ccc(-c2cc(-c3ccccc3)nc3sc(C(=O)Nc4nc(-c5ccc(F)cc5)cs4)c(N)c23)cc1. The number of anilines is 2. The van der Waals surface area contributed by atoms with E-state index in [1.807, 2.05) is 66.0 Å². The van der Waals surface area contributed by atoms with Crippen molar-refractivity contribution in [1.82, 2.24) is 9.97 Å². The fourth-order valence-electron chi connectivity index (χ4n) is 4.28. The molecule has 0 saturated heterocycles. The molecule has 0 aliphatic rings. The van der Waals surface area contributed by atoms with Gasteiger partial charge in [-0.15, -0.1) is 22.7 Å². The van der Waals surface area contributed by atoms with E-state index in [1.165, 1.54) is 34.8 Å². The number of aromatic nitrogens is 2. The first kappa shape index (κ1) is 24.7. The number of hydrogen-bond donors (Lipinski definition) is 2. The van der Waals surface area contributed by atoms with E-state index in [4.69, 9.17) is 15.5 Å². The zero-order valence-corrected chi connectivity index (χ0v) is 22.3. The van der Waals surface area contributed by atoms with Crippen LogP contribution >= 0.6 is 22.7 Å². The Bertz CT molecular complexity index is 1800. The maximum atomic E-state index is 13.4. The van der Waals surface area contributed by atoms with Gasteiger partial charge in [0.15, 0.2) is 5.13 Å². The number of fused-ring (bicyclic) bond motifs is 1. The smallest absolute Gasteiger partial charge is 0.269 e. The van der Waals surface area contributed by atoms with Gasteiger partial charge in [-0.1, -0.05) is 42.5 Å². The van der Waals surface area contributed by atoms with Gasteiger partial charge in [0.2, 0.25) is 0 Å². The number of thiazole rings is 1. The standard InChI is InChI=1S/C30H21FN4O2S2/c1-37-21-13-9-17(10-14-21)22-15-23(18-5-3-2-4-6-18)33-29-25(22)26(32)27(39-29)28(36)35-30-34-24(16-38-30)19-7-11-20(31)12-8-19/h2-16H,32H2,1H3,(H,34,35,36). The van der Waals surface area contributed by atoms with E-state index < -0.39 is 0 Å². The zero-order chi connectivity index (χ0) is 26.9. The van der Waals surface area contributed by atoms with Crippen molar-refractivity contribution in [3.05, 3.63) is 101 Å². The minimum atomic E-state index is -0.363. The second-order valence-electron chi connectivity index (χ2n) is 8.67. The van der Waals surface area contributed by atoms with Gasteiger partial charge in [-0.25, -0.2) is 14.4 Å². The number of methoxy groups -OCH3 is 1. The first-order chi connectivity index (χ1) is 19.0. The van der Waals surface area contributed by atoms with Crippen molar-refractivity contribution in [3.63, 3.8) is 0 Å². The number of nitrogens with one attached hydrogen (secondary N) is 1. The van der Waals surface area contributed by atoms with Crippen LogP contribution in [0.4, 0.5) is 15.2 Å². The maximum Gasteiger partial charge on any atom is 0.269 e. The van der Waals surface area contributed by atoms with Gasteiger partial charge >= 0.3 is 0 Å². The number of nitrogens with zero attached hydrogens (tertiary/aromatic N) is 2. The number of benzene rings is 3. The molecule has 0 fully saturated rings. The van der Waals surface area contributed by atoms with Crippen LogP contribution in [0.2, 0.25) is 0 Å². The van der Waals surface area contributed by atoms with Gasteiger partial charge in [0.25, 0.3) is 5.91 Å². The van der Waals surface area contributed by atoms with Crippen molar-refractivity contribution in [2.24, 2.45) is 0 Å². The minimum Gasteiger partial charge on any atom is -0.497 e. The van der Waals surface area contributed by atoms with E-state index in [-0.39, 0.29) is 11.7 Å². The lowest BCUT2D eigenvalue weighted by Gasteiger charge is -2.09. The Morgan fingerprint density at radius 1 is 0.897 bits per heavy atom. The van der Waals surface area contributed by atoms with Gasteiger partial charge in [0.1, 0.15) is 21.3 Å². The number of hydrogen-bond acceptors (Lipinski definition) is 7. The number of pyridine rings is 1. The number of nitrogens with two attached hydrogens (primary N) is 1. The molecule has 3 aromatic carbocycles. The van der Waals surface area contributed by atoms with Gasteiger partial charge in [-0.3, -0.25) is 10.1 Å². The molecule has 6 nitrogen and oxygen atoms in total. The van der Waals surface area contributed by atoms with Crippen LogP contribution in [0.1, 0.15) is 9.67 Å². The topological polar surface area (TPSA) is 90.1 Å². The first-order valence-electron chi connectivity index (χ1n) is 12.0. The molecular formula is C30H21FN4O2S2. The Morgan fingerprint density at radius 3 is 2.31 bits per heavy atom. The Morgan fingerprint density at radius 2 is 1.59 bits per heavy atom. The minimum absolute atomic E-state index is 0.319. The number of halogens is 1. The molecule has 0 saturated carbocycles. The molecule has 3 heterocycles. The number of rotatable bonds is 6. The Balaban J connectivity index is 1.40. The molecule has 0 radical (unpaired) electrons. The molecule has 0 bridgehead atoms. The maximum absolute atomic E-state index is 13.4. The van der Waals surface area contributed by atoms with Crippen LogP contribution < -0.4 is 15.8 Å². The van der Waals surface area contributed by atoms with Crippen molar-refractivity contribution in [2.45, 2.75) is 0 Å².